The van der Waals surface area contributed by atoms with E-state index in [-0.39, 0.29) is 0 Å². The molecule has 3 rings (SSSR count). The van der Waals surface area contributed by atoms with Crippen LogP contribution in [0.2, 0.25) is 0 Å². The van der Waals surface area contributed by atoms with Crippen molar-refractivity contribution >= 4 is 11.8 Å². The van der Waals surface area contributed by atoms with E-state index in [0.717, 1.165) is 18.3 Å². The molecule has 0 bridgehead atoms. The number of hydrogen-bond donors (Lipinski definition) is 1. The van der Waals surface area contributed by atoms with E-state index >= 15 is 0 Å². The molecule has 0 spiro atoms. The third kappa shape index (κ3) is 4.01. The predicted octanol–water partition coefficient (Wildman–Crippen LogP) is 4.05. The molecule has 4 nitrogen and oxygen atoms in total. The molecule has 1 N–H and O–H groups in total. The minimum atomic E-state index is 0.471. The summed E-state index contributed by atoms with van der Waals surface area (Å²) in [5.74, 6) is 3.56. The highest BCUT2D eigenvalue weighted by molar-refractivity contribution is 7.99. The molecule has 1 aromatic heterocycles. The fourth-order valence-corrected chi connectivity index (χ4v) is 4.61. The Labute approximate surface area is 131 Å². The molecule has 5 heteroatoms. The lowest BCUT2D eigenvalue weighted by Crippen LogP contribution is -2.33. The van der Waals surface area contributed by atoms with E-state index in [2.05, 4.69) is 17.4 Å². The summed E-state index contributed by atoms with van der Waals surface area (Å²) < 4.78 is 5.58. The predicted molar refractivity (Wildman–Crippen MR) is 86.6 cm³/mol. The van der Waals surface area contributed by atoms with Crippen LogP contribution in [-0.4, -0.2) is 28.5 Å². The molecule has 1 unspecified atom stereocenters. The number of nitrogens with one attached hydrogen (secondary N) is 1. The average Bonchev–Trinajstić information content (AvgIpc) is 3.04. The third-order valence-corrected chi connectivity index (χ3v) is 6.06. The summed E-state index contributed by atoms with van der Waals surface area (Å²) in [6.07, 6.45) is 9.89. The quantitative estimate of drug-likeness (QED) is 0.889. The van der Waals surface area contributed by atoms with Crippen molar-refractivity contribution in [2.75, 3.05) is 12.3 Å². The highest BCUT2D eigenvalue weighted by Gasteiger charge is 2.28. The van der Waals surface area contributed by atoms with Crippen molar-refractivity contribution in [3.8, 4) is 0 Å². The smallest absolute Gasteiger partial charge is 0.229 e. The van der Waals surface area contributed by atoms with E-state index in [0.29, 0.717) is 17.2 Å². The fourth-order valence-electron chi connectivity index (χ4n) is 3.38. The van der Waals surface area contributed by atoms with Crippen molar-refractivity contribution in [3.63, 3.8) is 0 Å². The normalized spacial score (nSPS) is 30.4. The Morgan fingerprint density at radius 2 is 2.05 bits per heavy atom. The van der Waals surface area contributed by atoms with Gasteiger partial charge in [0.1, 0.15) is 0 Å². The van der Waals surface area contributed by atoms with E-state index in [1.165, 1.54) is 57.1 Å². The highest BCUT2D eigenvalue weighted by Crippen LogP contribution is 2.38. The van der Waals surface area contributed by atoms with E-state index in [9.17, 15) is 0 Å². The molecule has 1 saturated carbocycles. The highest BCUT2D eigenvalue weighted by atomic mass is 32.2. The van der Waals surface area contributed by atoms with Gasteiger partial charge in [-0.3, -0.25) is 0 Å². The van der Waals surface area contributed by atoms with Crippen LogP contribution >= 0.6 is 11.8 Å². The lowest BCUT2D eigenvalue weighted by molar-refractivity contribution is 0.282. The van der Waals surface area contributed by atoms with Crippen LogP contribution in [-0.2, 0) is 0 Å². The summed E-state index contributed by atoms with van der Waals surface area (Å²) in [6, 6.07) is 0.692. The van der Waals surface area contributed by atoms with Crippen LogP contribution in [0.3, 0.4) is 0 Å². The molecule has 1 saturated heterocycles. The van der Waals surface area contributed by atoms with Gasteiger partial charge in [0.05, 0.1) is 5.25 Å². The van der Waals surface area contributed by atoms with Gasteiger partial charge in [0, 0.05) is 12.0 Å². The van der Waals surface area contributed by atoms with Crippen LogP contribution in [0.5, 0.6) is 0 Å². The second-order valence-corrected chi connectivity index (χ2v) is 7.66. The summed E-state index contributed by atoms with van der Waals surface area (Å²) in [5.41, 5.74) is 0. The number of rotatable bonds is 5. The van der Waals surface area contributed by atoms with E-state index in [1.54, 1.807) is 0 Å². The second kappa shape index (κ2) is 7.63. The lowest BCUT2D eigenvalue weighted by atomic mass is 9.86. The van der Waals surface area contributed by atoms with Gasteiger partial charge in [-0.15, -0.1) is 0 Å². The molecular weight excluding hydrogens is 282 g/mol. The second-order valence-electron chi connectivity index (χ2n) is 6.35. The zero-order valence-electron chi connectivity index (χ0n) is 13.0. The SMILES string of the molecule is CCCNC1CCC(c2nc(C3CCCCS3)no2)CC1. The number of thioether (sulfide) groups is 1. The van der Waals surface area contributed by atoms with Gasteiger partial charge in [-0.2, -0.15) is 16.7 Å². The average molecular weight is 309 g/mol. The van der Waals surface area contributed by atoms with Crippen LogP contribution in [0, 0.1) is 0 Å². The lowest BCUT2D eigenvalue weighted by Gasteiger charge is -2.27. The first-order valence-electron chi connectivity index (χ1n) is 8.55. The van der Waals surface area contributed by atoms with Crippen molar-refractivity contribution in [2.24, 2.45) is 0 Å². The number of nitrogens with zero attached hydrogens (tertiary/aromatic N) is 2. The zero-order valence-corrected chi connectivity index (χ0v) is 13.8. The fraction of sp³-hybridized carbons (Fsp3) is 0.875. The monoisotopic (exact) mass is 309 g/mol. The first-order valence-corrected chi connectivity index (χ1v) is 9.60. The van der Waals surface area contributed by atoms with E-state index in [4.69, 9.17) is 9.51 Å². The standard InChI is InChI=1S/C16H27N3OS/c1-2-10-17-13-8-6-12(7-9-13)16-18-15(19-20-16)14-5-3-4-11-21-14/h12-14,17H,2-11H2,1H3. The number of hydrogen-bond acceptors (Lipinski definition) is 5. The molecule has 2 fully saturated rings. The zero-order chi connectivity index (χ0) is 14.5. The molecule has 0 aromatic carbocycles. The third-order valence-electron chi connectivity index (χ3n) is 4.68. The van der Waals surface area contributed by atoms with Gasteiger partial charge in [0.2, 0.25) is 5.89 Å². The molecular formula is C16H27N3OS. The van der Waals surface area contributed by atoms with E-state index in [1.807, 2.05) is 11.8 Å². The maximum atomic E-state index is 5.58. The van der Waals surface area contributed by atoms with Crippen LogP contribution < -0.4 is 5.32 Å². The minimum absolute atomic E-state index is 0.471. The van der Waals surface area contributed by atoms with Crippen molar-refractivity contribution in [2.45, 2.75) is 75.5 Å². The maximum absolute atomic E-state index is 5.58. The van der Waals surface area contributed by atoms with Crippen molar-refractivity contribution in [1.82, 2.24) is 15.5 Å². The van der Waals surface area contributed by atoms with E-state index < -0.39 is 0 Å². The van der Waals surface area contributed by atoms with Gasteiger partial charge in [-0.1, -0.05) is 18.5 Å². The molecule has 0 amide bonds. The van der Waals surface area contributed by atoms with Gasteiger partial charge in [0.25, 0.3) is 0 Å². The molecule has 1 aromatic rings. The van der Waals surface area contributed by atoms with Crippen LogP contribution in [0.15, 0.2) is 4.52 Å². The Bertz CT molecular complexity index is 423. The molecule has 0 radical (unpaired) electrons. The molecule has 2 aliphatic rings. The van der Waals surface area contributed by atoms with Crippen molar-refractivity contribution in [3.05, 3.63) is 11.7 Å². The Hall–Kier alpha value is -0.550. The molecule has 1 aliphatic carbocycles. The molecule has 118 valence electrons. The first kappa shape index (κ1) is 15.3. The summed E-state index contributed by atoms with van der Waals surface area (Å²) in [6.45, 7) is 3.36. The molecule has 2 heterocycles. The van der Waals surface area contributed by atoms with Gasteiger partial charge in [-0.25, -0.2) is 0 Å². The number of aromatic nitrogens is 2. The maximum Gasteiger partial charge on any atom is 0.229 e. The van der Waals surface area contributed by atoms with Gasteiger partial charge < -0.3 is 9.84 Å². The van der Waals surface area contributed by atoms with Crippen molar-refractivity contribution < 1.29 is 4.52 Å². The Kier molecular flexibility index (Phi) is 5.58. The van der Waals surface area contributed by atoms with Gasteiger partial charge in [-0.05, 0) is 57.2 Å². The summed E-state index contributed by atoms with van der Waals surface area (Å²) in [5, 5.41) is 8.36. The van der Waals surface area contributed by atoms with Crippen LogP contribution in [0.4, 0.5) is 0 Å². The summed E-state index contributed by atoms with van der Waals surface area (Å²) >= 11 is 1.99. The van der Waals surface area contributed by atoms with Crippen molar-refractivity contribution in [1.29, 1.82) is 0 Å². The summed E-state index contributed by atoms with van der Waals surface area (Å²) in [7, 11) is 0. The summed E-state index contributed by atoms with van der Waals surface area (Å²) in [4.78, 5) is 4.73. The van der Waals surface area contributed by atoms with Crippen LogP contribution in [0.1, 0.15) is 81.2 Å². The Morgan fingerprint density at radius 3 is 2.76 bits per heavy atom. The van der Waals surface area contributed by atoms with Gasteiger partial charge >= 0.3 is 0 Å². The van der Waals surface area contributed by atoms with Crippen LogP contribution in [0.25, 0.3) is 0 Å². The topological polar surface area (TPSA) is 51.0 Å². The minimum Gasteiger partial charge on any atom is -0.339 e. The molecule has 1 aliphatic heterocycles. The Morgan fingerprint density at radius 1 is 1.19 bits per heavy atom. The van der Waals surface area contributed by atoms with Gasteiger partial charge in [0.15, 0.2) is 5.82 Å². The molecule has 1 atom stereocenters. The first-order chi connectivity index (χ1) is 10.4. The Balaban J connectivity index is 1.52. The molecule has 21 heavy (non-hydrogen) atoms. The largest absolute Gasteiger partial charge is 0.339 e.